The Bertz CT molecular complexity index is 513. The molecule has 1 heterocycles. The third-order valence-corrected chi connectivity index (χ3v) is 4.11. The summed E-state index contributed by atoms with van der Waals surface area (Å²) in [6.45, 7) is 1.99. The van der Waals surface area contributed by atoms with E-state index in [9.17, 15) is 9.59 Å². The molecule has 0 unspecified atom stereocenters. The van der Waals surface area contributed by atoms with E-state index in [4.69, 9.17) is 0 Å². The number of nitrogens with one attached hydrogen (secondary N) is 1. The Balaban J connectivity index is 2.29. The summed E-state index contributed by atoms with van der Waals surface area (Å²) in [5.74, 6) is -0.340. The third-order valence-electron chi connectivity index (χ3n) is 4.11. The lowest BCUT2D eigenvalue weighted by Gasteiger charge is -2.35. The van der Waals surface area contributed by atoms with Crippen molar-refractivity contribution in [2.24, 2.45) is 0 Å². The first-order valence-electron chi connectivity index (χ1n) is 6.11. The summed E-state index contributed by atoms with van der Waals surface area (Å²) >= 11 is 0. The van der Waals surface area contributed by atoms with Gasteiger partial charge in [0.05, 0.1) is 5.41 Å². The molecular weight excluding hydrogens is 214 g/mol. The Kier molecular flexibility index (Phi) is 2.12. The van der Waals surface area contributed by atoms with Crippen LogP contribution in [0.1, 0.15) is 47.2 Å². The van der Waals surface area contributed by atoms with E-state index in [0.717, 1.165) is 36.8 Å². The summed E-state index contributed by atoms with van der Waals surface area (Å²) in [6, 6.07) is 5.70. The van der Waals surface area contributed by atoms with Crippen LogP contribution in [0.3, 0.4) is 0 Å². The number of carbonyl (C=O) groups is 2. The fraction of sp³-hybridized carbons (Fsp3) is 0.429. The van der Waals surface area contributed by atoms with Gasteiger partial charge in [-0.2, -0.15) is 0 Å². The number of carbonyl (C=O) groups excluding carboxylic acids is 2. The molecule has 1 aliphatic heterocycles. The van der Waals surface area contributed by atoms with Crippen LogP contribution in [0, 0.1) is 6.92 Å². The monoisotopic (exact) mass is 229 g/mol. The second kappa shape index (κ2) is 3.42. The van der Waals surface area contributed by atoms with Gasteiger partial charge in [-0.05, 0) is 37.0 Å². The summed E-state index contributed by atoms with van der Waals surface area (Å²) in [6.07, 6.45) is 3.86. The van der Waals surface area contributed by atoms with E-state index in [1.165, 1.54) is 0 Å². The van der Waals surface area contributed by atoms with Crippen molar-refractivity contribution in [1.82, 2.24) is 5.32 Å². The van der Waals surface area contributed by atoms with Gasteiger partial charge in [-0.1, -0.05) is 25.0 Å². The summed E-state index contributed by atoms with van der Waals surface area (Å²) < 4.78 is 0. The lowest BCUT2D eigenvalue weighted by atomic mass is 9.71. The van der Waals surface area contributed by atoms with Crippen molar-refractivity contribution in [1.29, 1.82) is 0 Å². The number of amides is 2. The molecule has 1 aromatic rings. The average Bonchev–Trinajstić information content (AvgIpc) is 2.77. The van der Waals surface area contributed by atoms with Crippen LogP contribution in [0.15, 0.2) is 18.2 Å². The Morgan fingerprint density at radius 3 is 2.59 bits per heavy atom. The zero-order valence-corrected chi connectivity index (χ0v) is 9.88. The van der Waals surface area contributed by atoms with E-state index in [-0.39, 0.29) is 11.8 Å². The largest absolute Gasteiger partial charge is 0.292 e. The molecule has 0 aromatic heterocycles. The zero-order valence-electron chi connectivity index (χ0n) is 9.88. The molecule has 0 radical (unpaired) electrons. The number of benzene rings is 1. The van der Waals surface area contributed by atoms with Crippen LogP contribution in [0.2, 0.25) is 0 Å². The second-order valence-corrected chi connectivity index (χ2v) is 5.07. The van der Waals surface area contributed by atoms with E-state index < -0.39 is 5.41 Å². The lowest BCUT2D eigenvalue weighted by molar-refractivity contribution is -0.126. The molecule has 1 spiro atoms. The van der Waals surface area contributed by atoms with Crippen LogP contribution in [-0.2, 0) is 10.2 Å². The molecule has 88 valence electrons. The molecule has 2 aliphatic rings. The maximum atomic E-state index is 12.2. The third kappa shape index (κ3) is 1.28. The summed E-state index contributed by atoms with van der Waals surface area (Å²) in [5.41, 5.74) is 2.29. The van der Waals surface area contributed by atoms with Crippen molar-refractivity contribution in [3.05, 3.63) is 34.9 Å². The molecule has 2 amide bonds. The Labute approximate surface area is 100 Å². The van der Waals surface area contributed by atoms with Gasteiger partial charge < -0.3 is 0 Å². The molecule has 1 aliphatic carbocycles. The van der Waals surface area contributed by atoms with E-state index in [1.54, 1.807) is 0 Å². The minimum Gasteiger partial charge on any atom is -0.292 e. The first-order chi connectivity index (χ1) is 8.15. The van der Waals surface area contributed by atoms with Gasteiger partial charge >= 0.3 is 0 Å². The highest BCUT2D eigenvalue weighted by Crippen LogP contribution is 2.45. The molecule has 17 heavy (non-hydrogen) atoms. The smallest absolute Gasteiger partial charge is 0.258 e. The molecular formula is C14H15NO2. The van der Waals surface area contributed by atoms with E-state index in [2.05, 4.69) is 5.32 Å². The number of imide groups is 1. The van der Waals surface area contributed by atoms with E-state index in [1.807, 2.05) is 25.1 Å². The Hall–Kier alpha value is -1.64. The molecule has 1 saturated carbocycles. The Morgan fingerprint density at radius 1 is 1.18 bits per heavy atom. The van der Waals surface area contributed by atoms with Gasteiger partial charge in [-0.25, -0.2) is 0 Å². The van der Waals surface area contributed by atoms with Gasteiger partial charge in [0.2, 0.25) is 5.91 Å². The standard InChI is InChI=1S/C14H15NO2/c1-9-5-4-6-10-11(9)14(7-2-3-8-14)13(17)15-12(10)16/h4-6H,2-3,7-8H2,1H3,(H,15,16,17). The van der Waals surface area contributed by atoms with Gasteiger partial charge in [-0.15, -0.1) is 0 Å². The quantitative estimate of drug-likeness (QED) is 0.692. The molecule has 1 fully saturated rings. The number of hydrogen-bond acceptors (Lipinski definition) is 2. The molecule has 3 rings (SSSR count). The van der Waals surface area contributed by atoms with Crippen molar-refractivity contribution in [2.45, 2.75) is 38.0 Å². The zero-order chi connectivity index (χ0) is 12.0. The van der Waals surface area contributed by atoms with Crippen LogP contribution in [-0.4, -0.2) is 11.8 Å². The molecule has 0 atom stereocenters. The number of rotatable bonds is 0. The van der Waals surface area contributed by atoms with Crippen molar-refractivity contribution in [3.63, 3.8) is 0 Å². The van der Waals surface area contributed by atoms with Crippen molar-refractivity contribution in [2.75, 3.05) is 0 Å². The van der Waals surface area contributed by atoms with Crippen molar-refractivity contribution in [3.8, 4) is 0 Å². The highest BCUT2D eigenvalue weighted by Gasteiger charge is 2.48. The highest BCUT2D eigenvalue weighted by molar-refractivity contribution is 6.13. The maximum Gasteiger partial charge on any atom is 0.258 e. The minimum absolute atomic E-state index is 0.0956. The highest BCUT2D eigenvalue weighted by atomic mass is 16.2. The summed E-state index contributed by atoms with van der Waals surface area (Å²) in [4.78, 5) is 24.1. The Morgan fingerprint density at radius 2 is 1.88 bits per heavy atom. The number of hydrogen-bond donors (Lipinski definition) is 1. The van der Waals surface area contributed by atoms with Crippen LogP contribution in [0.4, 0.5) is 0 Å². The molecule has 3 nitrogen and oxygen atoms in total. The van der Waals surface area contributed by atoms with Crippen molar-refractivity contribution >= 4 is 11.8 Å². The molecule has 1 N–H and O–H groups in total. The summed E-state index contributed by atoms with van der Waals surface area (Å²) in [7, 11) is 0. The van der Waals surface area contributed by atoms with Gasteiger partial charge in [0.1, 0.15) is 0 Å². The van der Waals surface area contributed by atoms with Crippen LogP contribution in [0.25, 0.3) is 0 Å². The van der Waals surface area contributed by atoms with Crippen LogP contribution in [0.5, 0.6) is 0 Å². The normalized spacial score (nSPS) is 21.5. The lowest BCUT2D eigenvalue weighted by Crippen LogP contribution is -2.51. The first-order valence-corrected chi connectivity index (χ1v) is 6.11. The summed E-state index contributed by atoms with van der Waals surface area (Å²) in [5, 5.41) is 2.52. The van der Waals surface area contributed by atoms with Gasteiger partial charge in [0.25, 0.3) is 5.91 Å². The fourth-order valence-electron chi connectivity index (χ4n) is 3.35. The molecule has 1 aromatic carbocycles. The van der Waals surface area contributed by atoms with Gasteiger partial charge in [0.15, 0.2) is 0 Å². The predicted molar refractivity (Wildman–Crippen MR) is 63.8 cm³/mol. The fourth-order valence-corrected chi connectivity index (χ4v) is 3.35. The first kappa shape index (κ1) is 10.5. The molecule has 0 bridgehead atoms. The number of aryl methyl sites for hydroxylation is 1. The maximum absolute atomic E-state index is 12.2. The predicted octanol–water partition coefficient (Wildman–Crippen LogP) is 2.08. The molecule has 0 saturated heterocycles. The average molecular weight is 229 g/mol. The van der Waals surface area contributed by atoms with E-state index in [0.29, 0.717) is 5.56 Å². The van der Waals surface area contributed by atoms with E-state index >= 15 is 0 Å². The van der Waals surface area contributed by atoms with Crippen LogP contribution < -0.4 is 5.32 Å². The molecule has 3 heteroatoms. The second-order valence-electron chi connectivity index (χ2n) is 5.07. The SMILES string of the molecule is Cc1cccc2c1C1(CCCC1)C(=O)NC2=O. The van der Waals surface area contributed by atoms with Gasteiger partial charge in [-0.3, -0.25) is 14.9 Å². The topological polar surface area (TPSA) is 46.2 Å². The number of fused-ring (bicyclic) bond motifs is 2. The van der Waals surface area contributed by atoms with Crippen LogP contribution >= 0.6 is 0 Å². The van der Waals surface area contributed by atoms with Gasteiger partial charge in [0, 0.05) is 5.56 Å². The minimum atomic E-state index is -0.436. The van der Waals surface area contributed by atoms with Crippen molar-refractivity contribution < 1.29 is 9.59 Å².